The van der Waals surface area contributed by atoms with Gasteiger partial charge >= 0.3 is 6.09 Å². The lowest BCUT2D eigenvalue weighted by molar-refractivity contribution is -0.127. The van der Waals surface area contributed by atoms with Crippen molar-refractivity contribution < 1.29 is 23.9 Å². The zero-order chi connectivity index (χ0) is 20.5. The summed E-state index contributed by atoms with van der Waals surface area (Å²) < 4.78 is 9.78. The Kier molecular flexibility index (Phi) is 7.86. The van der Waals surface area contributed by atoms with Gasteiger partial charge in [0.25, 0.3) is 0 Å². The number of ether oxygens (including phenoxy) is 2. The average Bonchev–Trinajstić information content (AvgIpc) is 2.72. The molecule has 0 aliphatic carbocycles. The normalized spacial score (nSPS) is 15.8. The largest absolute Gasteiger partial charge is 0.497 e. The van der Waals surface area contributed by atoms with Gasteiger partial charge in [-0.25, -0.2) is 4.79 Å². The summed E-state index contributed by atoms with van der Waals surface area (Å²) >= 11 is 0. The SMILES string of the molecule is COC(=O)N1CCC(NC(=O)C(C)NC(=O)C=Cc2ccc(OC)cc2)CC1. The topological polar surface area (TPSA) is 97.0 Å². The maximum Gasteiger partial charge on any atom is 0.409 e. The Morgan fingerprint density at radius 2 is 1.79 bits per heavy atom. The van der Waals surface area contributed by atoms with Crippen LogP contribution in [0, 0.1) is 0 Å². The van der Waals surface area contributed by atoms with E-state index < -0.39 is 6.04 Å². The molecule has 8 heteroatoms. The predicted molar refractivity (Wildman–Crippen MR) is 105 cm³/mol. The number of piperidine rings is 1. The summed E-state index contributed by atoms with van der Waals surface area (Å²) in [7, 11) is 2.94. The molecule has 1 aromatic rings. The van der Waals surface area contributed by atoms with E-state index in [9.17, 15) is 14.4 Å². The summed E-state index contributed by atoms with van der Waals surface area (Å²) in [5.41, 5.74) is 0.852. The van der Waals surface area contributed by atoms with Crippen molar-refractivity contribution in [1.29, 1.82) is 0 Å². The number of nitrogens with one attached hydrogen (secondary N) is 2. The van der Waals surface area contributed by atoms with Crippen LogP contribution in [0.15, 0.2) is 30.3 Å². The Labute approximate surface area is 164 Å². The van der Waals surface area contributed by atoms with Gasteiger partial charge in [0.2, 0.25) is 11.8 Å². The van der Waals surface area contributed by atoms with E-state index in [-0.39, 0.29) is 23.9 Å². The van der Waals surface area contributed by atoms with E-state index in [4.69, 9.17) is 9.47 Å². The number of hydrogen-bond acceptors (Lipinski definition) is 5. The molecule has 0 aromatic heterocycles. The Balaban J connectivity index is 1.76. The van der Waals surface area contributed by atoms with Crippen molar-refractivity contribution in [1.82, 2.24) is 15.5 Å². The van der Waals surface area contributed by atoms with Crippen molar-refractivity contribution in [3.8, 4) is 5.75 Å². The number of benzene rings is 1. The number of likely N-dealkylation sites (tertiary alicyclic amines) is 1. The molecule has 1 saturated heterocycles. The second kappa shape index (κ2) is 10.3. The fraction of sp³-hybridized carbons (Fsp3) is 0.450. The minimum Gasteiger partial charge on any atom is -0.497 e. The predicted octanol–water partition coefficient (Wildman–Crippen LogP) is 1.56. The highest BCUT2D eigenvalue weighted by atomic mass is 16.5. The van der Waals surface area contributed by atoms with Gasteiger partial charge < -0.3 is 25.0 Å². The monoisotopic (exact) mass is 389 g/mol. The van der Waals surface area contributed by atoms with Crippen LogP contribution in [0.3, 0.4) is 0 Å². The zero-order valence-corrected chi connectivity index (χ0v) is 16.4. The molecule has 1 unspecified atom stereocenters. The van der Waals surface area contributed by atoms with E-state index in [1.165, 1.54) is 13.2 Å². The Bertz CT molecular complexity index is 709. The molecule has 1 atom stereocenters. The molecule has 2 N–H and O–H groups in total. The van der Waals surface area contributed by atoms with Gasteiger partial charge in [0.1, 0.15) is 11.8 Å². The van der Waals surface area contributed by atoms with Crippen LogP contribution in [0.1, 0.15) is 25.3 Å². The van der Waals surface area contributed by atoms with Crippen LogP contribution in [0.2, 0.25) is 0 Å². The van der Waals surface area contributed by atoms with E-state index in [0.717, 1.165) is 11.3 Å². The van der Waals surface area contributed by atoms with Crippen LogP contribution in [-0.2, 0) is 14.3 Å². The first-order chi connectivity index (χ1) is 13.4. The van der Waals surface area contributed by atoms with Gasteiger partial charge in [0.15, 0.2) is 0 Å². The second-order valence-corrected chi connectivity index (χ2v) is 6.58. The molecule has 2 rings (SSSR count). The molecule has 1 aliphatic rings. The van der Waals surface area contributed by atoms with Gasteiger partial charge in [-0.1, -0.05) is 12.1 Å². The fourth-order valence-electron chi connectivity index (χ4n) is 2.88. The van der Waals surface area contributed by atoms with E-state index in [1.54, 1.807) is 37.1 Å². The Morgan fingerprint density at radius 1 is 1.14 bits per heavy atom. The number of hydrogen-bond donors (Lipinski definition) is 2. The van der Waals surface area contributed by atoms with Crippen molar-refractivity contribution >= 4 is 24.0 Å². The van der Waals surface area contributed by atoms with Crippen molar-refractivity contribution in [2.75, 3.05) is 27.3 Å². The minimum atomic E-state index is -0.661. The Morgan fingerprint density at radius 3 is 2.36 bits per heavy atom. The standard InChI is InChI=1S/C20H27N3O5/c1-14(19(25)22-16-10-12-23(13-11-16)20(26)28-3)21-18(24)9-6-15-4-7-17(27-2)8-5-15/h4-9,14,16H,10-13H2,1-3H3,(H,21,24)(H,22,25). The van der Waals surface area contributed by atoms with Gasteiger partial charge in [-0.2, -0.15) is 0 Å². The molecule has 28 heavy (non-hydrogen) atoms. The summed E-state index contributed by atoms with van der Waals surface area (Å²) in [5, 5.41) is 5.57. The van der Waals surface area contributed by atoms with Gasteiger partial charge in [-0.05, 0) is 43.5 Å². The minimum absolute atomic E-state index is 0.0254. The van der Waals surface area contributed by atoms with Crippen LogP contribution in [0.5, 0.6) is 5.75 Å². The van der Waals surface area contributed by atoms with Crippen molar-refractivity contribution in [3.63, 3.8) is 0 Å². The smallest absolute Gasteiger partial charge is 0.409 e. The van der Waals surface area contributed by atoms with Crippen LogP contribution in [0.25, 0.3) is 6.08 Å². The lowest BCUT2D eigenvalue weighted by atomic mass is 10.0. The maximum atomic E-state index is 12.3. The number of carbonyl (C=O) groups is 3. The molecule has 0 saturated carbocycles. The van der Waals surface area contributed by atoms with E-state index >= 15 is 0 Å². The number of amides is 3. The van der Waals surface area contributed by atoms with Crippen LogP contribution in [-0.4, -0.2) is 62.2 Å². The molecule has 152 valence electrons. The van der Waals surface area contributed by atoms with E-state index in [0.29, 0.717) is 25.9 Å². The molecule has 0 bridgehead atoms. The number of nitrogens with zero attached hydrogens (tertiary/aromatic N) is 1. The molecule has 1 aliphatic heterocycles. The fourth-order valence-corrected chi connectivity index (χ4v) is 2.88. The quantitative estimate of drug-likeness (QED) is 0.720. The number of methoxy groups -OCH3 is 2. The zero-order valence-electron chi connectivity index (χ0n) is 16.4. The van der Waals surface area contributed by atoms with Gasteiger partial charge in [0.05, 0.1) is 14.2 Å². The number of rotatable bonds is 6. The summed E-state index contributed by atoms with van der Waals surface area (Å²) in [6.45, 7) is 2.70. The third-order valence-corrected chi connectivity index (χ3v) is 4.57. The van der Waals surface area contributed by atoms with Gasteiger partial charge in [-0.15, -0.1) is 0 Å². The highest BCUT2D eigenvalue weighted by Crippen LogP contribution is 2.13. The third kappa shape index (κ3) is 6.29. The van der Waals surface area contributed by atoms with Crippen molar-refractivity contribution in [2.24, 2.45) is 0 Å². The molecule has 1 heterocycles. The average molecular weight is 389 g/mol. The molecule has 8 nitrogen and oxygen atoms in total. The first-order valence-electron chi connectivity index (χ1n) is 9.19. The number of carbonyl (C=O) groups excluding carboxylic acids is 3. The van der Waals surface area contributed by atoms with E-state index in [1.807, 2.05) is 12.1 Å². The molecular weight excluding hydrogens is 362 g/mol. The molecule has 0 spiro atoms. The molecule has 1 aromatic carbocycles. The lowest BCUT2D eigenvalue weighted by Crippen LogP contribution is -2.51. The molecule has 3 amide bonds. The highest BCUT2D eigenvalue weighted by molar-refractivity contribution is 5.95. The van der Waals surface area contributed by atoms with Crippen molar-refractivity contribution in [3.05, 3.63) is 35.9 Å². The first-order valence-corrected chi connectivity index (χ1v) is 9.19. The molecule has 0 radical (unpaired) electrons. The third-order valence-electron chi connectivity index (χ3n) is 4.57. The van der Waals surface area contributed by atoms with Crippen molar-refractivity contribution in [2.45, 2.75) is 31.8 Å². The van der Waals surface area contributed by atoms with Gasteiger partial charge in [0, 0.05) is 25.2 Å². The van der Waals surface area contributed by atoms with Crippen LogP contribution >= 0.6 is 0 Å². The van der Waals surface area contributed by atoms with E-state index in [2.05, 4.69) is 10.6 Å². The second-order valence-electron chi connectivity index (χ2n) is 6.58. The summed E-state index contributed by atoms with van der Waals surface area (Å²) in [4.78, 5) is 37.4. The Hall–Kier alpha value is -3.03. The molecule has 1 fully saturated rings. The summed E-state index contributed by atoms with van der Waals surface area (Å²) in [5.74, 6) is 0.144. The molecular formula is C20H27N3O5. The van der Waals surface area contributed by atoms with Gasteiger partial charge in [-0.3, -0.25) is 9.59 Å². The summed E-state index contributed by atoms with van der Waals surface area (Å²) in [6, 6.07) is 6.59. The lowest BCUT2D eigenvalue weighted by Gasteiger charge is -2.31. The highest BCUT2D eigenvalue weighted by Gasteiger charge is 2.25. The maximum absolute atomic E-state index is 12.3. The van der Waals surface area contributed by atoms with Crippen LogP contribution < -0.4 is 15.4 Å². The first kappa shape index (κ1) is 21.3. The summed E-state index contributed by atoms with van der Waals surface area (Å²) in [6.07, 6.45) is 4.01. The van der Waals surface area contributed by atoms with Crippen LogP contribution in [0.4, 0.5) is 4.79 Å².